The Kier molecular flexibility index (Phi) is 2.65. The first-order valence-electron chi connectivity index (χ1n) is 3.75. The van der Waals surface area contributed by atoms with Crippen LogP contribution in [0.2, 0.25) is 0 Å². The van der Waals surface area contributed by atoms with Gasteiger partial charge in [0.05, 0.1) is 17.9 Å². The van der Waals surface area contributed by atoms with E-state index in [4.69, 9.17) is 10.00 Å². The van der Waals surface area contributed by atoms with Crippen LogP contribution in [0.25, 0.3) is 0 Å². The fourth-order valence-corrected chi connectivity index (χ4v) is 0.820. The second-order valence-corrected chi connectivity index (χ2v) is 2.65. The van der Waals surface area contributed by atoms with Crippen molar-refractivity contribution in [1.29, 1.82) is 5.26 Å². The first-order valence-corrected chi connectivity index (χ1v) is 3.75. The van der Waals surface area contributed by atoms with Crippen molar-refractivity contribution in [2.45, 2.75) is 20.0 Å². The van der Waals surface area contributed by atoms with Gasteiger partial charge in [-0.15, -0.1) is 0 Å². The van der Waals surface area contributed by atoms with Crippen molar-refractivity contribution in [1.82, 2.24) is 4.98 Å². The summed E-state index contributed by atoms with van der Waals surface area (Å²) in [5, 5.41) is 8.67. The molecule has 62 valence electrons. The highest BCUT2D eigenvalue weighted by atomic mass is 16.5. The van der Waals surface area contributed by atoms with Gasteiger partial charge in [0.25, 0.3) is 0 Å². The van der Waals surface area contributed by atoms with Crippen LogP contribution in [0.1, 0.15) is 19.4 Å². The number of pyridine rings is 1. The number of ether oxygens (including phenoxy) is 1. The second kappa shape index (κ2) is 3.72. The van der Waals surface area contributed by atoms with Gasteiger partial charge in [-0.2, -0.15) is 5.26 Å². The van der Waals surface area contributed by atoms with Crippen molar-refractivity contribution in [3.05, 3.63) is 24.0 Å². The summed E-state index contributed by atoms with van der Waals surface area (Å²) in [6.07, 6.45) is 3.20. The standard InChI is InChI=1S/C9H10N2O/c1-7(2)12-9-6-11-4-3-8(9)5-10/h3-4,6-7H,1-2H3. The maximum Gasteiger partial charge on any atom is 0.155 e. The zero-order chi connectivity index (χ0) is 8.97. The molecular weight excluding hydrogens is 152 g/mol. The van der Waals surface area contributed by atoms with E-state index in [0.717, 1.165) is 0 Å². The highest BCUT2D eigenvalue weighted by Crippen LogP contribution is 2.15. The molecule has 0 aliphatic carbocycles. The maximum absolute atomic E-state index is 8.67. The molecule has 0 saturated carbocycles. The summed E-state index contributed by atoms with van der Waals surface area (Å²) in [5.74, 6) is 0.551. The molecule has 0 bridgehead atoms. The third-order valence-electron chi connectivity index (χ3n) is 1.27. The molecule has 0 spiro atoms. The molecule has 1 rings (SSSR count). The molecule has 0 atom stereocenters. The maximum atomic E-state index is 8.67. The molecular formula is C9H10N2O. The van der Waals surface area contributed by atoms with E-state index in [1.165, 1.54) is 0 Å². The van der Waals surface area contributed by atoms with Crippen LogP contribution in [0.3, 0.4) is 0 Å². The van der Waals surface area contributed by atoms with Crippen LogP contribution < -0.4 is 4.74 Å². The number of aromatic nitrogens is 1. The third kappa shape index (κ3) is 1.96. The number of nitriles is 1. The molecule has 1 aromatic rings. The third-order valence-corrected chi connectivity index (χ3v) is 1.27. The lowest BCUT2D eigenvalue weighted by Crippen LogP contribution is -2.06. The lowest BCUT2D eigenvalue weighted by Gasteiger charge is -2.09. The van der Waals surface area contributed by atoms with Gasteiger partial charge in [0.15, 0.2) is 5.75 Å². The normalized spacial score (nSPS) is 9.50. The lowest BCUT2D eigenvalue weighted by atomic mass is 10.3. The van der Waals surface area contributed by atoms with E-state index in [2.05, 4.69) is 4.98 Å². The zero-order valence-corrected chi connectivity index (χ0v) is 7.11. The minimum absolute atomic E-state index is 0.0706. The molecule has 0 unspecified atom stereocenters. The van der Waals surface area contributed by atoms with Crippen molar-refractivity contribution in [3.8, 4) is 11.8 Å². The molecule has 0 fully saturated rings. The largest absolute Gasteiger partial charge is 0.488 e. The highest BCUT2D eigenvalue weighted by Gasteiger charge is 2.03. The van der Waals surface area contributed by atoms with Gasteiger partial charge in [-0.05, 0) is 19.9 Å². The fraction of sp³-hybridized carbons (Fsp3) is 0.333. The molecule has 0 aliphatic heterocycles. The molecule has 1 aromatic heterocycles. The summed E-state index contributed by atoms with van der Waals surface area (Å²) in [4.78, 5) is 3.87. The van der Waals surface area contributed by atoms with Crippen LogP contribution in [-0.4, -0.2) is 11.1 Å². The average Bonchev–Trinajstić information content (AvgIpc) is 2.04. The monoisotopic (exact) mass is 162 g/mol. The summed E-state index contributed by atoms with van der Waals surface area (Å²) in [7, 11) is 0. The van der Waals surface area contributed by atoms with Crippen LogP contribution in [0.5, 0.6) is 5.75 Å². The van der Waals surface area contributed by atoms with Gasteiger partial charge in [0.1, 0.15) is 6.07 Å². The van der Waals surface area contributed by atoms with Crippen molar-refractivity contribution in [3.63, 3.8) is 0 Å². The SMILES string of the molecule is CC(C)Oc1cnccc1C#N. The molecule has 12 heavy (non-hydrogen) atoms. The first-order chi connectivity index (χ1) is 5.74. The van der Waals surface area contributed by atoms with Crippen LogP contribution in [0.15, 0.2) is 18.5 Å². The Hall–Kier alpha value is -1.56. The van der Waals surface area contributed by atoms with Gasteiger partial charge in [0.2, 0.25) is 0 Å². The Morgan fingerprint density at radius 3 is 2.92 bits per heavy atom. The van der Waals surface area contributed by atoms with Crippen LogP contribution in [0.4, 0.5) is 0 Å². The molecule has 1 heterocycles. The summed E-state index contributed by atoms with van der Waals surface area (Å²) < 4.78 is 5.35. The zero-order valence-electron chi connectivity index (χ0n) is 7.11. The summed E-state index contributed by atoms with van der Waals surface area (Å²) >= 11 is 0. The quantitative estimate of drug-likeness (QED) is 0.665. The molecule has 0 saturated heterocycles. The minimum atomic E-state index is 0.0706. The Labute approximate surface area is 71.6 Å². The molecule has 0 radical (unpaired) electrons. The van der Waals surface area contributed by atoms with Gasteiger partial charge in [-0.3, -0.25) is 4.98 Å². The van der Waals surface area contributed by atoms with Gasteiger partial charge in [-0.1, -0.05) is 0 Å². The number of nitrogens with zero attached hydrogens (tertiary/aromatic N) is 2. The van der Waals surface area contributed by atoms with E-state index < -0.39 is 0 Å². The predicted molar refractivity (Wildman–Crippen MR) is 44.7 cm³/mol. The van der Waals surface area contributed by atoms with E-state index in [1.807, 2.05) is 19.9 Å². The van der Waals surface area contributed by atoms with Crippen LogP contribution >= 0.6 is 0 Å². The van der Waals surface area contributed by atoms with E-state index in [-0.39, 0.29) is 6.10 Å². The van der Waals surface area contributed by atoms with Gasteiger partial charge >= 0.3 is 0 Å². The van der Waals surface area contributed by atoms with E-state index in [9.17, 15) is 0 Å². The Balaban J connectivity index is 2.91. The topological polar surface area (TPSA) is 45.9 Å². The highest BCUT2D eigenvalue weighted by molar-refractivity contribution is 5.40. The number of rotatable bonds is 2. The van der Waals surface area contributed by atoms with Gasteiger partial charge in [-0.25, -0.2) is 0 Å². The van der Waals surface area contributed by atoms with Crippen molar-refractivity contribution in [2.24, 2.45) is 0 Å². The van der Waals surface area contributed by atoms with E-state index >= 15 is 0 Å². The summed E-state index contributed by atoms with van der Waals surface area (Å²) in [6.45, 7) is 3.82. The summed E-state index contributed by atoms with van der Waals surface area (Å²) in [6, 6.07) is 3.67. The number of hydrogen-bond acceptors (Lipinski definition) is 3. The van der Waals surface area contributed by atoms with Crippen LogP contribution in [-0.2, 0) is 0 Å². The van der Waals surface area contributed by atoms with E-state index in [0.29, 0.717) is 11.3 Å². The molecule has 3 heteroatoms. The lowest BCUT2D eigenvalue weighted by molar-refractivity contribution is 0.241. The minimum Gasteiger partial charge on any atom is -0.488 e. The Morgan fingerprint density at radius 1 is 1.58 bits per heavy atom. The van der Waals surface area contributed by atoms with Crippen molar-refractivity contribution < 1.29 is 4.74 Å². The van der Waals surface area contributed by atoms with Crippen molar-refractivity contribution >= 4 is 0 Å². The van der Waals surface area contributed by atoms with Gasteiger partial charge < -0.3 is 4.74 Å². The molecule has 3 nitrogen and oxygen atoms in total. The second-order valence-electron chi connectivity index (χ2n) is 2.65. The molecule has 0 aromatic carbocycles. The Morgan fingerprint density at radius 2 is 2.33 bits per heavy atom. The first kappa shape index (κ1) is 8.54. The molecule has 0 N–H and O–H groups in total. The predicted octanol–water partition coefficient (Wildman–Crippen LogP) is 1.74. The summed E-state index contributed by atoms with van der Waals surface area (Å²) in [5.41, 5.74) is 0.527. The molecule has 0 aliphatic rings. The van der Waals surface area contributed by atoms with Gasteiger partial charge in [0, 0.05) is 6.20 Å². The fourth-order valence-electron chi connectivity index (χ4n) is 0.820. The average molecular weight is 162 g/mol. The van der Waals surface area contributed by atoms with E-state index in [1.54, 1.807) is 18.5 Å². The number of hydrogen-bond donors (Lipinski definition) is 0. The van der Waals surface area contributed by atoms with Crippen molar-refractivity contribution in [2.75, 3.05) is 0 Å². The van der Waals surface area contributed by atoms with Crippen LogP contribution in [0, 0.1) is 11.3 Å². The molecule has 0 amide bonds. The Bertz CT molecular complexity index is 302. The smallest absolute Gasteiger partial charge is 0.155 e.